The molecule has 1 aliphatic carbocycles. The Morgan fingerprint density at radius 1 is 1.36 bits per heavy atom. The number of hydrogen-bond acceptors (Lipinski definition) is 4. The highest BCUT2D eigenvalue weighted by molar-refractivity contribution is 7.86. The summed E-state index contributed by atoms with van der Waals surface area (Å²) in [7, 11) is -3.35. The van der Waals surface area contributed by atoms with E-state index < -0.39 is 10.1 Å². The van der Waals surface area contributed by atoms with Crippen LogP contribution in [0.3, 0.4) is 0 Å². The molecule has 2 unspecified atom stereocenters. The summed E-state index contributed by atoms with van der Waals surface area (Å²) in [6.45, 7) is 6.51. The van der Waals surface area contributed by atoms with E-state index in [0.29, 0.717) is 13.0 Å². The highest BCUT2D eigenvalue weighted by Gasteiger charge is 2.51. The van der Waals surface area contributed by atoms with E-state index in [2.05, 4.69) is 0 Å². The second kappa shape index (κ2) is 3.79. The van der Waals surface area contributed by atoms with Crippen molar-refractivity contribution in [2.45, 2.75) is 39.4 Å². The van der Waals surface area contributed by atoms with Crippen LogP contribution in [0, 0.1) is 5.41 Å². The van der Waals surface area contributed by atoms with Gasteiger partial charge in [0.05, 0.1) is 18.5 Å². The third-order valence-corrected chi connectivity index (χ3v) is 3.33. The summed E-state index contributed by atoms with van der Waals surface area (Å²) in [5.74, 6) is 0. The van der Waals surface area contributed by atoms with E-state index in [9.17, 15) is 8.42 Å². The van der Waals surface area contributed by atoms with Gasteiger partial charge in [-0.2, -0.15) is 8.42 Å². The highest BCUT2D eigenvalue weighted by atomic mass is 32.2. The fourth-order valence-corrected chi connectivity index (χ4v) is 2.46. The largest absolute Gasteiger partial charge is 0.378 e. The van der Waals surface area contributed by atoms with Crippen LogP contribution in [0.1, 0.15) is 27.2 Å². The molecule has 5 heteroatoms. The van der Waals surface area contributed by atoms with Crippen LogP contribution in [0.2, 0.25) is 0 Å². The summed E-state index contributed by atoms with van der Waals surface area (Å²) in [5, 5.41) is 0. The number of ether oxygens (including phenoxy) is 1. The lowest BCUT2D eigenvalue weighted by molar-refractivity contribution is -0.160. The number of rotatable bonds is 4. The molecule has 0 aromatic carbocycles. The van der Waals surface area contributed by atoms with E-state index in [-0.39, 0.29) is 17.6 Å². The summed E-state index contributed by atoms with van der Waals surface area (Å²) < 4.78 is 32.3. The molecule has 0 heterocycles. The summed E-state index contributed by atoms with van der Waals surface area (Å²) in [4.78, 5) is 0. The van der Waals surface area contributed by atoms with Gasteiger partial charge in [-0.25, -0.2) is 0 Å². The molecule has 1 fully saturated rings. The van der Waals surface area contributed by atoms with Gasteiger partial charge in [-0.1, -0.05) is 13.8 Å². The lowest BCUT2D eigenvalue weighted by Crippen LogP contribution is -2.56. The Hall–Kier alpha value is -0.130. The highest BCUT2D eigenvalue weighted by Crippen LogP contribution is 2.45. The van der Waals surface area contributed by atoms with Crippen molar-refractivity contribution in [3.63, 3.8) is 0 Å². The Morgan fingerprint density at radius 3 is 2.29 bits per heavy atom. The minimum atomic E-state index is -3.35. The molecule has 0 aromatic heterocycles. The Bertz CT molecular complexity index is 294. The average Bonchev–Trinajstić information content (AvgIpc) is 2.01. The predicted molar refractivity (Wildman–Crippen MR) is 53.5 cm³/mol. The maximum absolute atomic E-state index is 10.9. The van der Waals surface area contributed by atoms with Gasteiger partial charge in [0, 0.05) is 18.4 Å². The molecule has 0 N–H and O–H groups in total. The normalized spacial score (nSPS) is 31.1. The van der Waals surface area contributed by atoms with Crippen LogP contribution < -0.4 is 0 Å². The van der Waals surface area contributed by atoms with Crippen molar-refractivity contribution in [2.75, 3.05) is 12.9 Å². The monoisotopic (exact) mass is 222 g/mol. The van der Waals surface area contributed by atoms with Crippen molar-refractivity contribution in [1.82, 2.24) is 0 Å². The molecule has 1 aliphatic rings. The van der Waals surface area contributed by atoms with Gasteiger partial charge in [0.2, 0.25) is 0 Å². The van der Waals surface area contributed by atoms with Gasteiger partial charge in [0.1, 0.15) is 0 Å². The average molecular weight is 222 g/mol. The van der Waals surface area contributed by atoms with Gasteiger partial charge >= 0.3 is 0 Å². The summed E-state index contributed by atoms with van der Waals surface area (Å²) in [5.41, 5.74) is -0.209. The zero-order chi connectivity index (χ0) is 11.0. The van der Waals surface area contributed by atoms with Crippen LogP contribution in [0.4, 0.5) is 0 Å². The van der Waals surface area contributed by atoms with E-state index in [1.54, 1.807) is 0 Å². The third kappa shape index (κ3) is 2.46. The summed E-state index contributed by atoms with van der Waals surface area (Å²) in [6, 6.07) is 0. The maximum atomic E-state index is 10.9. The third-order valence-electron chi connectivity index (χ3n) is 2.75. The van der Waals surface area contributed by atoms with Crippen molar-refractivity contribution < 1.29 is 17.3 Å². The molecule has 1 saturated carbocycles. The van der Waals surface area contributed by atoms with Crippen molar-refractivity contribution in [2.24, 2.45) is 5.41 Å². The first-order valence-electron chi connectivity index (χ1n) is 4.77. The van der Waals surface area contributed by atoms with E-state index in [4.69, 9.17) is 8.92 Å². The van der Waals surface area contributed by atoms with E-state index in [1.165, 1.54) is 0 Å². The minimum Gasteiger partial charge on any atom is -0.378 e. The van der Waals surface area contributed by atoms with Crippen molar-refractivity contribution in [3.05, 3.63) is 0 Å². The molecule has 0 spiro atoms. The van der Waals surface area contributed by atoms with E-state index in [1.807, 2.05) is 20.8 Å². The lowest BCUT2D eigenvalue weighted by atomic mass is 9.66. The predicted octanol–water partition coefficient (Wildman–Crippen LogP) is 1.17. The van der Waals surface area contributed by atoms with Crippen molar-refractivity contribution >= 4 is 10.1 Å². The molecule has 0 radical (unpaired) electrons. The minimum absolute atomic E-state index is 0.110. The molecule has 0 bridgehead atoms. The molecule has 14 heavy (non-hydrogen) atoms. The summed E-state index contributed by atoms with van der Waals surface area (Å²) in [6.07, 6.45) is 1.61. The standard InChI is InChI=1S/C9H18O4S/c1-5-12-7-6-8(9(7,2)3)13-14(4,10)11/h7-8H,5-6H2,1-4H3. The van der Waals surface area contributed by atoms with Crippen LogP contribution in [0.25, 0.3) is 0 Å². The molecule has 2 atom stereocenters. The zero-order valence-corrected chi connectivity index (χ0v) is 9.93. The molecule has 0 saturated heterocycles. The van der Waals surface area contributed by atoms with Gasteiger partial charge in [-0.15, -0.1) is 0 Å². The van der Waals surface area contributed by atoms with Gasteiger partial charge in [-0.05, 0) is 6.92 Å². The Labute approximate surface area is 85.7 Å². The van der Waals surface area contributed by atoms with Gasteiger partial charge < -0.3 is 4.74 Å². The first kappa shape index (κ1) is 11.9. The molecule has 1 rings (SSSR count). The lowest BCUT2D eigenvalue weighted by Gasteiger charge is -2.50. The fraction of sp³-hybridized carbons (Fsp3) is 1.00. The van der Waals surface area contributed by atoms with Crippen molar-refractivity contribution in [3.8, 4) is 0 Å². The van der Waals surface area contributed by atoms with Crippen LogP contribution in [0.15, 0.2) is 0 Å². The molecule has 0 amide bonds. The van der Waals surface area contributed by atoms with Crippen LogP contribution >= 0.6 is 0 Å². The van der Waals surface area contributed by atoms with E-state index in [0.717, 1.165) is 6.26 Å². The maximum Gasteiger partial charge on any atom is 0.264 e. The SMILES string of the molecule is CCOC1CC(OS(C)(=O)=O)C1(C)C. The molecular formula is C9H18O4S. The van der Waals surface area contributed by atoms with Crippen LogP contribution in [-0.4, -0.2) is 33.5 Å². The molecule has 0 aliphatic heterocycles. The second-order valence-electron chi connectivity index (χ2n) is 4.29. The fourth-order valence-electron chi connectivity index (χ4n) is 1.71. The zero-order valence-electron chi connectivity index (χ0n) is 9.11. The second-order valence-corrected chi connectivity index (χ2v) is 5.89. The summed E-state index contributed by atoms with van der Waals surface area (Å²) >= 11 is 0. The van der Waals surface area contributed by atoms with Crippen LogP contribution in [0.5, 0.6) is 0 Å². The molecule has 0 aromatic rings. The Morgan fingerprint density at radius 2 is 1.93 bits per heavy atom. The first-order valence-corrected chi connectivity index (χ1v) is 6.59. The first-order chi connectivity index (χ1) is 6.27. The van der Waals surface area contributed by atoms with Gasteiger partial charge in [0.15, 0.2) is 0 Å². The van der Waals surface area contributed by atoms with Gasteiger partial charge in [-0.3, -0.25) is 4.18 Å². The molecule has 4 nitrogen and oxygen atoms in total. The van der Waals surface area contributed by atoms with Gasteiger partial charge in [0.25, 0.3) is 10.1 Å². The molecule has 84 valence electrons. The molecular weight excluding hydrogens is 204 g/mol. The van der Waals surface area contributed by atoms with Crippen molar-refractivity contribution in [1.29, 1.82) is 0 Å². The number of hydrogen-bond donors (Lipinski definition) is 0. The Kier molecular flexibility index (Phi) is 3.23. The Balaban J connectivity index is 2.55. The quantitative estimate of drug-likeness (QED) is 0.670. The van der Waals surface area contributed by atoms with E-state index >= 15 is 0 Å². The smallest absolute Gasteiger partial charge is 0.264 e. The topological polar surface area (TPSA) is 52.6 Å². The van der Waals surface area contributed by atoms with Crippen LogP contribution in [-0.2, 0) is 19.0 Å².